The smallest absolute Gasteiger partial charge is 0.264 e. The molecule has 0 saturated heterocycles. The fraction of sp³-hybridized carbons (Fsp3) is 0.278. The summed E-state index contributed by atoms with van der Waals surface area (Å²) in [6, 6.07) is 21.9. The molecule has 4 aromatic carbocycles. The molecule has 1 aliphatic heterocycles. The van der Waals surface area contributed by atoms with Crippen LogP contribution in [0.4, 0.5) is 10.1 Å². The molecule has 13 heteroatoms. The Kier molecular flexibility index (Phi) is 11.7. The van der Waals surface area contributed by atoms with Crippen LogP contribution in [0.15, 0.2) is 95.9 Å². The number of sulfonamides is 1. The molecule has 0 saturated carbocycles. The first kappa shape index (κ1) is 36.0. The first-order valence-electron chi connectivity index (χ1n) is 15.7. The van der Waals surface area contributed by atoms with Gasteiger partial charge in [-0.05, 0) is 65.6 Å². The number of nitrogens with one attached hydrogen (secondary N) is 1. The fourth-order valence-corrected chi connectivity index (χ4v) is 7.16. The van der Waals surface area contributed by atoms with Gasteiger partial charge in [0.25, 0.3) is 10.0 Å². The summed E-state index contributed by atoms with van der Waals surface area (Å²) in [5.74, 6) is -0.953. The zero-order valence-corrected chi connectivity index (χ0v) is 29.3. The third-order valence-electron chi connectivity index (χ3n) is 7.81. The molecule has 4 aromatic rings. The van der Waals surface area contributed by atoms with Crippen molar-refractivity contribution in [3.63, 3.8) is 0 Å². The van der Waals surface area contributed by atoms with E-state index in [-0.39, 0.29) is 46.8 Å². The molecule has 0 aromatic heterocycles. The molecule has 0 bridgehead atoms. The lowest BCUT2D eigenvalue weighted by Gasteiger charge is -2.34. The number of carbonyl (C=O) groups is 2. The van der Waals surface area contributed by atoms with Crippen molar-refractivity contribution in [1.82, 2.24) is 10.2 Å². The topological polar surface area (TPSA) is 105 Å². The van der Waals surface area contributed by atoms with Crippen molar-refractivity contribution in [1.29, 1.82) is 0 Å². The van der Waals surface area contributed by atoms with Crippen molar-refractivity contribution in [2.24, 2.45) is 5.92 Å². The van der Waals surface area contributed by atoms with E-state index in [4.69, 9.17) is 32.7 Å². The van der Waals surface area contributed by atoms with Gasteiger partial charge < -0.3 is 19.7 Å². The van der Waals surface area contributed by atoms with Crippen LogP contribution in [0.5, 0.6) is 11.5 Å². The highest BCUT2D eigenvalue weighted by Crippen LogP contribution is 2.34. The molecule has 1 heterocycles. The molecule has 5 rings (SSSR count). The number of rotatable bonds is 13. The maximum absolute atomic E-state index is 14.6. The number of nitrogens with zero attached hydrogens (tertiary/aromatic N) is 2. The van der Waals surface area contributed by atoms with Crippen LogP contribution in [-0.4, -0.2) is 57.5 Å². The molecule has 9 nitrogen and oxygen atoms in total. The summed E-state index contributed by atoms with van der Waals surface area (Å²) in [6.45, 7) is 3.95. The minimum atomic E-state index is -4.46. The number of hydrogen-bond donors (Lipinski definition) is 1. The number of anilines is 1. The van der Waals surface area contributed by atoms with E-state index in [1.807, 2.05) is 44.2 Å². The molecule has 1 atom stereocenters. The Morgan fingerprint density at radius 1 is 0.898 bits per heavy atom. The third kappa shape index (κ3) is 9.03. The van der Waals surface area contributed by atoms with Crippen LogP contribution >= 0.6 is 23.2 Å². The standard InChI is InChI=1S/C36H36Cl2FN3O6S/c1-24(2)21-40-36(44)32(18-25-6-4-3-5-7-25)41(22-26-8-9-27(37)19-31(26)38)35(43)23-42(29-12-10-28(39)11-13-29)49(45,46)30-14-15-33-34(20-30)48-17-16-47-33/h3-15,19-20,24,32H,16-18,21-23H2,1-2H3,(H,40,44). The van der Waals surface area contributed by atoms with Crippen LogP contribution in [0.1, 0.15) is 25.0 Å². The van der Waals surface area contributed by atoms with E-state index in [0.29, 0.717) is 29.5 Å². The predicted octanol–water partition coefficient (Wildman–Crippen LogP) is 6.51. The van der Waals surface area contributed by atoms with Crippen molar-refractivity contribution in [3.8, 4) is 11.5 Å². The van der Waals surface area contributed by atoms with Gasteiger partial charge in [-0.1, -0.05) is 73.4 Å². The van der Waals surface area contributed by atoms with Gasteiger partial charge in [-0.3, -0.25) is 13.9 Å². The Labute approximate surface area is 295 Å². The average Bonchev–Trinajstić information content (AvgIpc) is 3.09. The Balaban J connectivity index is 1.58. The number of benzene rings is 4. The zero-order chi connectivity index (χ0) is 35.1. The minimum absolute atomic E-state index is 0.0398. The normalized spacial score (nSPS) is 13.1. The lowest BCUT2D eigenvalue weighted by Crippen LogP contribution is -2.53. The fourth-order valence-electron chi connectivity index (χ4n) is 5.26. The molecule has 49 heavy (non-hydrogen) atoms. The highest BCUT2D eigenvalue weighted by Gasteiger charge is 2.35. The molecule has 0 radical (unpaired) electrons. The highest BCUT2D eigenvalue weighted by molar-refractivity contribution is 7.92. The molecule has 258 valence electrons. The average molecular weight is 729 g/mol. The predicted molar refractivity (Wildman–Crippen MR) is 187 cm³/mol. The van der Waals surface area contributed by atoms with Crippen LogP contribution in [0.3, 0.4) is 0 Å². The lowest BCUT2D eigenvalue weighted by molar-refractivity contribution is -0.140. The molecule has 0 fully saturated rings. The summed E-state index contributed by atoms with van der Waals surface area (Å²) < 4.78 is 54.8. The first-order chi connectivity index (χ1) is 23.4. The van der Waals surface area contributed by atoms with E-state index in [1.165, 1.54) is 41.3 Å². The van der Waals surface area contributed by atoms with E-state index < -0.39 is 40.2 Å². The largest absolute Gasteiger partial charge is 0.486 e. The molecule has 0 aliphatic carbocycles. The number of amides is 2. The van der Waals surface area contributed by atoms with Crippen molar-refractivity contribution in [2.45, 2.75) is 37.8 Å². The van der Waals surface area contributed by atoms with Crippen LogP contribution in [0.2, 0.25) is 10.0 Å². The second-order valence-electron chi connectivity index (χ2n) is 11.9. The van der Waals surface area contributed by atoms with Gasteiger partial charge in [-0.2, -0.15) is 0 Å². The third-order valence-corrected chi connectivity index (χ3v) is 10.2. The zero-order valence-electron chi connectivity index (χ0n) is 26.9. The molecular formula is C36H36Cl2FN3O6S. The summed E-state index contributed by atoms with van der Waals surface area (Å²) in [4.78, 5) is 29.7. The molecule has 1 aliphatic rings. The second kappa shape index (κ2) is 15.9. The van der Waals surface area contributed by atoms with Crippen molar-refractivity contribution < 1.29 is 31.9 Å². The maximum Gasteiger partial charge on any atom is 0.264 e. The molecular weight excluding hydrogens is 692 g/mol. The Bertz CT molecular complexity index is 1890. The van der Waals surface area contributed by atoms with E-state index in [9.17, 15) is 22.4 Å². The quantitative estimate of drug-likeness (QED) is 0.168. The van der Waals surface area contributed by atoms with Crippen LogP contribution < -0.4 is 19.1 Å². The Morgan fingerprint density at radius 3 is 2.27 bits per heavy atom. The van der Waals surface area contributed by atoms with E-state index in [2.05, 4.69) is 5.32 Å². The Morgan fingerprint density at radius 2 is 1.59 bits per heavy atom. The minimum Gasteiger partial charge on any atom is -0.486 e. The lowest BCUT2D eigenvalue weighted by atomic mass is 10.0. The van der Waals surface area contributed by atoms with Gasteiger partial charge in [0.2, 0.25) is 11.8 Å². The van der Waals surface area contributed by atoms with Crippen LogP contribution in [0, 0.1) is 11.7 Å². The van der Waals surface area contributed by atoms with Gasteiger partial charge >= 0.3 is 0 Å². The van der Waals surface area contributed by atoms with Gasteiger partial charge in [-0.25, -0.2) is 12.8 Å². The second-order valence-corrected chi connectivity index (χ2v) is 14.6. The number of fused-ring (bicyclic) bond motifs is 1. The van der Waals surface area contributed by atoms with Crippen molar-refractivity contribution >= 4 is 50.7 Å². The number of halogens is 3. The van der Waals surface area contributed by atoms with Gasteiger partial charge in [0.15, 0.2) is 11.5 Å². The van der Waals surface area contributed by atoms with E-state index in [0.717, 1.165) is 22.0 Å². The highest BCUT2D eigenvalue weighted by atomic mass is 35.5. The Hall–Kier alpha value is -4.32. The van der Waals surface area contributed by atoms with Gasteiger partial charge in [0.1, 0.15) is 31.6 Å². The van der Waals surface area contributed by atoms with Gasteiger partial charge in [0, 0.05) is 35.6 Å². The van der Waals surface area contributed by atoms with Crippen molar-refractivity contribution in [3.05, 3.63) is 118 Å². The van der Waals surface area contributed by atoms with Crippen LogP contribution in [0.25, 0.3) is 0 Å². The molecule has 1 unspecified atom stereocenters. The summed E-state index contributed by atoms with van der Waals surface area (Å²) in [6.07, 6.45) is 0.132. The van der Waals surface area contributed by atoms with Crippen molar-refractivity contribution in [2.75, 3.05) is 30.6 Å². The number of carbonyl (C=O) groups excluding carboxylic acids is 2. The number of ether oxygens (including phenoxy) is 2. The summed E-state index contributed by atoms with van der Waals surface area (Å²) in [7, 11) is -4.46. The van der Waals surface area contributed by atoms with Gasteiger partial charge in [0.05, 0.1) is 10.6 Å². The monoisotopic (exact) mass is 727 g/mol. The summed E-state index contributed by atoms with van der Waals surface area (Å²) in [5, 5.41) is 3.59. The van der Waals surface area contributed by atoms with Gasteiger partial charge in [-0.15, -0.1) is 0 Å². The number of hydrogen-bond acceptors (Lipinski definition) is 6. The summed E-state index contributed by atoms with van der Waals surface area (Å²) in [5.41, 5.74) is 1.32. The van der Waals surface area contributed by atoms with E-state index >= 15 is 0 Å². The molecule has 0 spiro atoms. The first-order valence-corrected chi connectivity index (χ1v) is 17.8. The summed E-state index contributed by atoms with van der Waals surface area (Å²) >= 11 is 12.7. The molecule has 2 amide bonds. The SMILES string of the molecule is CC(C)CNC(=O)C(Cc1ccccc1)N(Cc1ccc(Cl)cc1Cl)C(=O)CN(c1ccc(F)cc1)S(=O)(=O)c1ccc2c(c1)OCCO2. The molecule has 1 N–H and O–H groups in total. The maximum atomic E-state index is 14.6. The van der Waals surface area contributed by atoms with E-state index in [1.54, 1.807) is 12.1 Å². The van der Waals surface area contributed by atoms with Crippen LogP contribution in [-0.2, 0) is 32.6 Å².